The summed E-state index contributed by atoms with van der Waals surface area (Å²) in [6, 6.07) is 97.9. The largest absolute Gasteiger partial charge is 0.309 e. The predicted octanol–water partition coefficient (Wildman–Crippen LogP) is 18.9. The Morgan fingerprint density at radius 1 is 0.310 bits per heavy atom. The number of hydrogen-bond acceptors (Lipinski definition) is 1. The monoisotopic (exact) mass is 906 g/mol. The van der Waals surface area contributed by atoms with Crippen molar-refractivity contribution < 1.29 is 0 Å². The minimum absolute atomic E-state index is 0.127. The third kappa shape index (κ3) is 7.02. The van der Waals surface area contributed by atoms with Gasteiger partial charge in [-0.25, -0.2) is 0 Å². The molecule has 12 aromatic rings. The summed E-state index contributed by atoms with van der Waals surface area (Å²) in [5, 5.41) is 2.52. The van der Waals surface area contributed by atoms with Gasteiger partial charge in [0.2, 0.25) is 0 Å². The second kappa shape index (κ2) is 17.2. The van der Waals surface area contributed by atoms with Crippen LogP contribution in [0.2, 0.25) is 0 Å². The summed E-state index contributed by atoms with van der Waals surface area (Å²) < 4.78 is 2.40. The zero-order valence-electron chi connectivity index (χ0n) is 39.8. The molecule has 0 fully saturated rings. The average Bonchev–Trinajstić information content (AvgIpc) is 3.90. The van der Waals surface area contributed by atoms with Gasteiger partial charge in [0.15, 0.2) is 0 Å². The van der Waals surface area contributed by atoms with Crippen molar-refractivity contribution in [2.75, 3.05) is 4.90 Å². The van der Waals surface area contributed by atoms with Crippen molar-refractivity contribution in [3.8, 4) is 72.4 Å². The van der Waals surface area contributed by atoms with E-state index in [1.165, 1.54) is 83.0 Å². The highest BCUT2D eigenvalue weighted by atomic mass is 15.1. The Hall–Kier alpha value is -8.98. The van der Waals surface area contributed by atoms with Crippen LogP contribution in [0.4, 0.5) is 17.1 Å². The lowest BCUT2D eigenvalue weighted by molar-refractivity contribution is 0.660. The van der Waals surface area contributed by atoms with Crippen molar-refractivity contribution in [3.05, 3.63) is 278 Å². The fourth-order valence-corrected chi connectivity index (χ4v) is 11.5. The van der Waals surface area contributed by atoms with Crippen molar-refractivity contribution in [1.82, 2.24) is 4.57 Å². The number of nitrogens with zero attached hydrogens (tertiary/aromatic N) is 2. The Balaban J connectivity index is 0.997. The fourth-order valence-electron chi connectivity index (χ4n) is 11.5. The van der Waals surface area contributed by atoms with E-state index < -0.39 is 0 Å². The van der Waals surface area contributed by atoms with E-state index >= 15 is 0 Å². The lowest BCUT2D eigenvalue weighted by Crippen LogP contribution is -2.15. The standard InChI is InChI=1S/C69H50N2/c1-69(2)62-36-15-10-34-61(62)68-60(35-21-37-63(68)69)59-33-14-19-41-67(59)70(64-38-16-11-30-56(64)55-29-9-8-28-54(55)53-27-7-6-26-52(53)48-22-4-3-5-23-48)50-44-42-47(43-45-50)49-24-20-25-51(46-49)71-65-39-17-12-31-57(65)58-32-13-18-40-66(58)71/h3-46H,1-2H3. The molecule has 1 heterocycles. The van der Waals surface area contributed by atoms with Crippen molar-refractivity contribution in [2.24, 2.45) is 0 Å². The van der Waals surface area contributed by atoms with Gasteiger partial charge in [-0.1, -0.05) is 232 Å². The third-order valence-corrected chi connectivity index (χ3v) is 14.9. The van der Waals surface area contributed by atoms with Gasteiger partial charge in [0, 0.05) is 38.7 Å². The van der Waals surface area contributed by atoms with E-state index in [0.717, 1.165) is 39.4 Å². The van der Waals surface area contributed by atoms with Crippen LogP contribution in [0.3, 0.4) is 0 Å². The second-order valence-electron chi connectivity index (χ2n) is 19.2. The molecule has 2 nitrogen and oxygen atoms in total. The van der Waals surface area contributed by atoms with Gasteiger partial charge in [-0.2, -0.15) is 0 Å². The molecule has 0 unspecified atom stereocenters. The van der Waals surface area contributed by atoms with Crippen LogP contribution in [-0.4, -0.2) is 4.57 Å². The molecule has 1 aliphatic rings. The Bertz CT molecular complexity index is 3910. The Labute approximate surface area is 416 Å². The predicted molar refractivity (Wildman–Crippen MR) is 300 cm³/mol. The highest BCUT2D eigenvalue weighted by Gasteiger charge is 2.37. The SMILES string of the molecule is CC1(C)c2ccccc2-c2c(-c3ccccc3N(c3ccc(-c4cccc(-n5c6ccccc6c6ccccc65)c4)cc3)c3ccccc3-c3ccccc3-c3ccccc3-c3ccccc3)cccc21. The molecule has 336 valence electrons. The van der Waals surface area contributed by atoms with Gasteiger partial charge in [-0.05, 0) is 115 Å². The molecular weight excluding hydrogens is 857 g/mol. The summed E-state index contributed by atoms with van der Waals surface area (Å²) in [4.78, 5) is 2.49. The summed E-state index contributed by atoms with van der Waals surface area (Å²) in [6.07, 6.45) is 0. The first-order valence-corrected chi connectivity index (χ1v) is 24.7. The zero-order chi connectivity index (χ0) is 47.5. The van der Waals surface area contributed by atoms with Gasteiger partial charge in [0.1, 0.15) is 0 Å². The number of benzene rings is 11. The van der Waals surface area contributed by atoms with E-state index in [2.05, 4.69) is 290 Å². The van der Waals surface area contributed by atoms with Crippen LogP contribution >= 0.6 is 0 Å². The van der Waals surface area contributed by atoms with Gasteiger partial charge in [-0.3, -0.25) is 0 Å². The topological polar surface area (TPSA) is 8.17 Å². The minimum atomic E-state index is -0.127. The molecule has 0 amide bonds. The average molecular weight is 907 g/mol. The molecule has 0 atom stereocenters. The highest BCUT2D eigenvalue weighted by molar-refractivity contribution is 6.09. The van der Waals surface area contributed by atoms with E-state index in [0.29, 0.717) is 0 Å². The van der Waals surface area contributed by atoms with E-state index in [1.807, 2.05) is 0 Å². The molecule has 0 spiro atoms. The smallest absolute Gasteiger partial charge is 0.0541 e. The molecule has 0 aliphatic heterocycles. The van der Waals surface area contributed by atoms with Crippen molar-refractivity contribution in [2.45, 2.75) is 19.3 Å². The maximum Gasteiger partial charge on any atom is 0.0541 e. The lowest BCUT2D eigenvalue weighted by atomic mass is 9.82. The number of rotatable bonds is 9. The Morgan fingerprint density at radius 2 is 0.761 bits per heavy atom. The summed E-state index contributed by atoms with van der Waals surface area (Å²) in [6.45, 7) is 4.73. The first-order chi connectivity index (χ1) is 35.0. The molecule has 1 aliphatic carbocycles. The van der Waals surface area contributed by atoms with E-state index in [-0.39, 0.29) is 5.41 Å². The molecule has 0 radical (unpaired) electrons. The van der Waals surface area contributed by atoms with E-state index in [4.69, 9.17) is 0 Å². The van der Waals surface area contributed by atoms with Crippen LogP contribution in [0.5, 0.6) is 0 Å². The van der Waals surface area contributed by atoms with Crippen LogP contribution in [0.1, 0.15) is 25.0 Å². The van der Waals surface area contributed by atoms with Gasteiger partial charge in [0.05, 0.1) is 22.4 Å². The Kier molecular flexibility index (Phi) is 10.2. The molecule has 13 rings (SSSR count). The number of anilines is 3. The molecule has 1 aromatic heterocycles. The maximum atomic E-state index is 2.49. The molecular formula is C69H50N2. The van der Waals surface area contributed by atoms with E-state index in [9.17, 15) is 0 Å². The Morgan fingerprint density at radius 3 is 1.42 bits per heavy atom. The molecule has 0 bridgehead atoms. The number of aromatic nitrogens is 1. The third-order valence-electron chi connectivity index (χ3n) is 14.9. The van der Waals surface area contributed by atoms with Gasteiger partial charge in [-0.15, -0.1) is 0 Å². The van der Waals surface area contributed by atoms with Crippen molar-refractivity contribution >= 4 is 38.9 Å². The zero-order valence-corrected chi connectivity index (χ0v) is 39.8. The number of para-hydroxylation sites is 4. The lowest BCUT2D eigenvalue weighted by Gasteiger charge is -2.31. The van der Waals surface area contributed by atoms with Crippen LogP contribution in [0.15, 0.2) is 267 Å². The summed E-state index contributed by atoms with van der Waals surface area (Å²) in [7, 11) is 0. The molecule has 11 aromatic carbocycles. The summed E-state index contributed by atoms with van der Waals surface area (Å²) in [5.41, 5.74) is 23.9. The van der Waals surface area contributed by atoms with Crippen LogP contribution < -0.4 is 4.90 Å². The first-order valence-electron chi connectivity index (χ1n) is 24.7. The van der Waals surface area contributed by atoms with Crippen molar-refractivity contribution in [3.63, 3.8) is 0 Å². The summed E-state index contributed by atoms with van der Waals surface area (Å²) >= 11 is 0. The maximum absolute atomic E-state index is 2.49. The molecule has 2 heteroatoms. The summed E-state index contributed by atoms with van der Waals surface area (Å²) in [5.74, 6) is 0. The van der Waals surface area contributed by atoms with Crippen LogP contribution in [0, 0.1) is 0 Å². The molecule has 71 heavy (non-hydrogen) atoms. The van der Waals surface area contributed by atoms with Crippen LogP contribution in [-0.2, 0) is 5.41 Å². The highest BCUT2D eigenvalue weighted by Crippen LogP contribution is 2.54. The fraction of sp³-hybridized carbons (Fsp3) is 0.0435. The molecule has 0 N–H and O–H groups in total. The number of fused-ring (bicyclic) bond motifs is 6. The second-order valence-corrected chi connectivity index (χ2v) is 19.2. The van der Waals surface area contributed by atoms with Gasteiger partial charge < -0.3 is 9.47 Å². The number of hydrogen-bond donors (Lipinski definition) is 0. The van der Waals surface area contributed by atoms with Crippen LogP contribution in [0.25, 0.3) is 94.3 Å². The molecule has 0 saturated heterocycles. The minimum Gasteiger partial charge on any atom is -0.309 e. The van der Waals surface area contributed by atoms with E-state index in [1.54, 1.807) is 0 Å². The normalized spacial score (nSPS) is 12.5. The van der Waals surface area contributed by atoms with Crippen molar-refractivity contribution in [1.29, 1.82) is 0 Å². The quantitative estimate of drug-likeness (QED) is 0.140. The first kappa shape index (κ1) is 42.1. The van der Waals surface area contributed by atoms with Gasteiger partial charge in [0.25, 0.3) is 0 Å². The molecule has 0 saturated carbocycles. The van der Waals surface area contributed by atoms with Gasteiger partial charge >= 0.3 is 0 Å².